The number of nitrogens with two attached hydrogens (primary N) is 1. The number of anilines is 2. The molecule has 112 valence electrons. The van der Waals surface area contributed by atoms with Gasteiger partial charge < -0.3 is 10.7 Å². The molecule has 5 nitrogen and oxygen atoms in total. The average Bonchev–Trinajstić information content (AvgIpc) is 2.81. The van der Waals surface area contributed by atoms with Gasteiger partial charge in [0.1, 0.15) is 17.5 Å². The molecule has 1 aliphatic carbocycles. The Morgan fingerprint density at radius 1 is 1.25 bits per heavy atom. The van der Waals surface area contributed by atoms with Gasteiger partial charge in [-0.2, -0.15) is 0 Å². The first-order valence-corrected chi connectivity index (χ1v) is 7.48. The molecule has 0 aliphatic heterocycles. The van der Waals surface area contributed by atoms with Crippen LogP contribution in [0.3, 0.4) is 0 Å². The fourth-order valence-corrected chi connectivity index (χ4v) is 2.71. The van der Waals surface area contributed by atoms with E-state index in [9.17, 15) is 0 Å². The van der Waals surface area contributed by atoms with Crippen LogP contribution in [0.2, 0.25) is 0 Å². The largest absolute Gasteiger partial charge is 0.370 e. The molecule has 1 aromatic rings. The lowest BCUT2D eigenvalue weighted by atomic mass is 9.96. The summed E-state index contributed by atoms with van der Waals surface area (Å²) in [5.41, 5.74) is 2.53. The molecule has 20 heavy (non-hydrogen) atoms. The summed E-state index contributed by atoms with van der Waals surface area (Å²) in [6.45, 7) is 9.62. The van der Waals surface area contributed by atoms with E-state index in [1.165, 1.54) is 19.3 Å². The van der Waals surface area contributed by atoms with Crippen LogP contribution in [0.1, 0.15) is 52.8 Å². The van der Waals surface area contributed by atoms with Crippen LogP contribution in [0.15, 0.2) is 6.07 Å². The highest BCUT2D eigenvalue weighted by molar-refractivity contribution is 5.47. The monoisotopic (exact) mass is 277 g/mol. The second kappa shape index (κ2) is 5.95. The molecule has 2 atom stereocenters. The smallest absolute Gasteiger partial charge is 0.145 e. The van der Waals surface area contributed by atoms with Crippen LogP contribution < -0.4 is 16.6 Å². The summed E-state index contributed by atoms with van der Waals surface area (Å²) in [4.78, 5) is 9.04. The van der Waals surface area contributed by atoms with E-state index in [-0.39, 0.29) is 5.41 Å². The second-order valence-electron chi connectivity index (χ2n) is 7.02. The molecule has 0 amide bonds. The fraction of sp³-hybridized carbons (Fsp3) is 0.733. The average molecular weight is 277 g/mol. The standard InChI is InChI=1S/C15H27N5/c1-10-5-6-11(7-10)9-17-12-8-13(20-16)19-14(18-12)15(2,3)4/h8,10-11H,5-7,9,16H2,1-4H3,(H2,17,18,19,20). The van der Waals surface area contributed by atoms with E-state index >= 15 is 0 Å². The van der Waals surface area contributed by atoms with Crippen LogP contribution in [-0.4, -0.2) is 16.5 Å². The lowest BCUT2D eigenvalue weighted by Gasteiger charge is -2.19. The molecule has 1 aromatic heterocycles. The number of aromatic nitrogens is 2. The van der Waals surface area contributed by atoms with Gasteiger partial charge >= 0.3 is 0 Å². The molecule has 0 bridgehead atoms. The molecule has 0 spiro atoms. The zero-order valence-electron chi connectivity index (χ0n) is 13.0. The van der Waals surface area contributed by atoms with Crippen molar-refractivity contribution in [3.63, 3.8) is 0 Å². The maximum absolute atomic E-state index is 5.50. The SMILES string of the molecule is CC1CCC(CNc2cc(NN)nc(C(C)(C)C)n2)C1. The Labute approximate surface area is 121 Å². The van der Waals surface area contributed by atoms with Crippen molar-refractivity contribution >= 4 is 11.6 Å². The van der Waals surface area contributed by atoms with Gasteiger partial charge in [0.2, 0.25) is 0 Å². The van der Waals surface area contributed by atoms with Crippen molar-refractivity contribution in [2.24, 2.45) is 17.7 Å². The van der Waals surface area contributed by atoms with Crippen molar-refractivity contribution in [2.45, 2.75) is 52.4 Å². The molecule has 1 aliphatic rings. The van der Waals surface area contributed by atoms with Crippen molar-refractivity contribution in [3.05, 3.63) is 11.9 Å². The van der Waals surface area contributed by atoms with Crippen LogP contribution in [0.5, 0.6) is 0 Å². The van der Waals surface area contributed by atoms with E-state index in [1.54, 1.807) is 0 Å². The van der Waals surface area contributed by atoms with E-state index in [2.05, 4.69) is 48.4 Å². The lowest BCUT2D eigenvalue weighted by Crippen LogP contribution is -2.21. The predicted octanol–water partition coefficient (Wildman–Crippen LogP) is 2.91. The zero-order valence-corrected chi connectivity index (χ0v) is 13.0. The molecule has 4 N–H and O–H groups in total. The quantitative estimate of drug-likeness (QED) is 0.583. The molecule has 2 unspecified atom stereocenters. The van der Waals surface area contributed by atoms with Crippen molar-refractivity contribution < 1.29 is 0 Å². The molecule has 1 fully saturated rings. The lowest BCUT2D eigenvalue weighted by molar-refractivity contribution is 0.532. The summed E-state index contributed by atoms with van der Waals surface area (Å²) in [5, 5.41) is 3.45. The van der Waals surface area contributed by atoms with E-state index in [1.807, 2.05) is 6.07 Å². The molecule has 5 heteroatoms. The fourth-order valence-electron chi connectivity index (χ4n) is 2.71. The Balaban J connectivity index is 2.07. The van der Waals surface area contributed by atoms with Gasteiger partial charge in [-0.25, -0.2) is 15.8 Å². The minimum Gasteiger partial charge on any atom is -0.370 e. The third kappa shape index (κ3) is 3.82. The van der Waals surface area contributed by atoms with Crippen molar-refractivity contribution in [3.8, 4) is 0 Å². The maximum atomic E-state index is 5.50. The first kappa shape index (κ1) is 15.0. The Kier molecular flexibility index (Phi) is 4.48. The summed E-state index contributed by atoms with van der Waals surface area (Å²) in [5.74, 6) is 9.44. The van der Waals surface area contributed by atoms with Crippen molar-refractivity contribution in [1.82, 2.24) is 9.97 Å². The number of nitrogen functional groups attached to an aromatic ring is 1. The van der Waals surface area contributed by atoms with E-state index < -0.39 is 0 Å². The molecule has 2 rings (SSSR count). The van der Waals surface area contributed by atoms with Gasteiger partial charge in [0.15, 0.2) is 0 Å². The highest BCUT2D eigenvalue weighted by Gasteiger charge is 2.22. The summed E-state index contributed by atoms with van der Waals surface area (Å²) >= 11 is 0. The van der Waals surface area contributed by atoms with E-state index in [0.29, 0.717) is 5.82 Å². The van der Waals surface area contributed by atoms with Gasteiger partial charge in [-0.05, 0) is 24.7 Å². The summed E-state index contributed by atoms with van der Waals surface area (Å²) in [6.07, 6.45) is 3.97. The van der Waals surface area contributed by atoms with Crippen LogP contribution >= 0.6 is 0 Å². The Hall–Kier alpha value is -1.36. The molecule has 0 aromatic carbocycles. The molecule has 0 saturated heterocycles. The number of nitrogens with zero attached hydrogens (tertiary/aromatic N) is 2. The first-order valence-electron chi connectivity index (χ1n) is 7.48. The number of rotatable bonds is 4. The normalized spacial score (nSPS) is 22.9. The van der Waals surface area contributed by atoms with Crippen molar-refractivity contribution in [1.29, 1.82) is 0 Å². The molecular formula is C15H27N5. The Morgan fingerprint density at radius 2 is 1.95 bits per heavy atom. The maximum Gasteiger partial charge on any atom is 0.145 e. The Bertz CT molecular complexity index is 452. The molecule has 1 heterocycles. The zero-order chi connectivity index (χ0) is 14.8. The highest BCUT2D eigenvalue weighted by Crippen LogP contribution is 2.30. The number of hydrazine groups is 1. The van der Waals surface area contributed by atoms with E-state index in [4.69, 9.17) is 5.84 Å². The predicted molar refractivity (Wildman–Crippen MR) is 83.5 cm³/mol. The minimum absolute atomic E-state index is 0.0921. The topological polar surface area (TPSA) is 75.9 Å². The number of hydrogen-bond donors (Lipinski definition) is 3. The highest BCUT2D eigenvalue weighted by atomic mass is 15.3. The Morgan fingerprint density at radius 3 is 2.50 bits per heavy atom. The van der Waals surface area contributed by atoms with Crippen molar-refractivity contribution in [2.75, 3.05) is 17.3 Å². The van der Waals surface area contributed by atoms with Gasteiger partial charge in [-0.3, -0.25) is 0 Å². The second-order valence-corrected chi connectivity index (χ2v) is 7.02. The van der Waals surface area contributed by atoms with Gasteiger partial charge in [0.05, 0.1) is 0 Å². The number of hydrogen-bond acceptors (Lipinski definition) is 5. The summed E-state index contributed by atoms with van der Waals surface area (Å²) in [6, 6.07) is 1.87. The van der Waals surface area contributed by atoms with Gasteiger partial charge in [0, 0.05) is 18.0 Å². The van der Waals surface area contributed by atoms with Gasteiger partial charge in [-0.15, -0.1) is 0 Å². The molecular weight excluding hydrogens is 250 g/mol. The number of nitrogens with one attached hydrogen (secondary N) is 2. The first-order chi connectivity index (χ1) is 9.38. The van der Waals surface area contributed by atoms with Gasteiger partial charge in [-0.1, -0.05) is 34.1 Å². The van der Waals surface area contributed by atoms with E-state index in [0.717, 1.165) is 30.0 Å². The van der Waals surface area contributed by atoms with Crippen LogP contribution in [0.4, 0.5) is 11.6 Å². The van der Waals surface area contributed by atoms with Crippen LogP contribution in [0, 0.1) is 11.8 Å². The molecule has 1 saturated carbocycles. The van der Waals surface area contributed by atoms with Crippen LogP contribution in [0.25, 0.3) is 0 Å². The third-order valence-corrected chi connectivity index (χ3v) is 3.92. The van der Waals surface area contributed by atoms with Gasteiger partial charge in [0.25, 0.3) is 0 Å². The van der Waals surface area contributed by atoms with Crippen LogP contribution in [-0.2, 0) is 5.41 Å². The summed E-state index contributed by atoms with van der Waals surface area (Å²) in [7, 11) is 0. The minimum atomic E-state index is -0.0921. The third-order valence-electron chi connectivity index (χ3n) is 3.92. The molecule has 0 radical (unpaired) electrons. The summed E-state index contributed by atoms with van der Waals surface area (Å²) < 4.78 is 0.